The minimum absolute atomic E-state index is 0.885. The van der Waals surface area contributed by atoms with Crippen LogP contribution in [0.1, 0.15) is 16.7 Å². The summed E-state index contributed by atoms with van der Waals surface area (Å²) >= 11 is 0. The first-order valence-corrected chi connectivity index (χ1v) is 7.61. The van der Waals surface area contributed by atoms with E-state index in [2.05, 4.69) is 79.4 Å². The minimum Gasteiger partial charge on any atom is -0.103 e. The molecule has 107 valence electrons. The molecule has 0 N–H and O–H groups in total. The van der Waals surface area contributed by atoms with Gasteiger partial charge in [-0.15, -0.1) is 6.58 Å². The zero-order chi connectivity index (χ0) is 15.2. The summed E-state index contributed by atoms with van der Waals surface area (Å²) in [7, 11) is 0. The third-order valence-electron chi connectivity index (χ3n) is 3.84. The van der Waals surface area contributed by atoms with Crippen LogP contribution in [0.15, 0.2) is 85.5 Å². The van der Waals surface area contributed by atoms with Gasteiger partial charge < -0.3 is 0 Å². The molecule has 0 atom stereocenters. The highest BCUT2D eigenvalue weighted by atomic mass is 14.1. The van der Waals surface area contributed by atoms with Gasteiger partial charge in [0.15, 0.2) is 0 Å². The summed E-state index contributed by atoms with van der Waals surface area (Å²) in [6, 6.07) is 28.8. The molecule has 0 aliphatic carbocycles. The molecule has 3 rings (SSSR count). The first kappa shape index (κ1) is 14.3. The maximum atomic E-state index is 3.87. The Bertz CT molecular complexity index is 754. The number of hydrogen-bond acceptors (Lipinski definition) is 0. The SMILES string of the molecule is C=CCc1ccccc1-c1ccc[c]c1Cc1ccccc1. The van der Waals surface area contributed by atoms with E-state index in [4.69, 9.17) is 0 Å². The van der Waals surface area contributed by atoms with E-state index >= 15 is 0 Å². The van der Waals surface area contributed by atoms with Crippen molar-refractivity contribution in [3.8, 4) is 11.1 Å². The first-order chi connectivity index (χ1) is 10.9. The van der Waals surface area contributed by atoms with Gasteiger partial charge in [-0.05, 0) is 46.7 Å². The second kappa shape index (κ2) is 6.91. The third kappa shape index (κ3) is 3.17. The third-order valence-corrected chi connectivity index (χ3v) is 3.84. The van der Waals surface area contributed by atoms with E-state index in [-0.39, 0.29) is 0 Å². The molecule has 1 radical (unpaired) electrons. The van der Waals surface area contributed by atoms with Gasteiger partial charge in [-0.3, -0.25) is 0 Å². The summed E-state index contributed by atoms with van der Waals surface area (Å²) in [5.74, 6) is 0. The standard InChI is InChI=1S/C22H19/c1-2-10-19-13-6-8-15-21(19)22-16-9-7-14-20(22)17-18-11-4-3-5-12-18/h2-9,11-13,15-16H,1,10,17H2. The Morgan fingerprint density at radius 1 is 0.818 bits per heavy atom. The number of benzene rings is 3. The van der Waals surface area contributed by atoms with Gasteiger partial charge in [-0.1, -0.05) is 78.9 Å². The number of rotatable bonds is 5. The largest absolute Gasteiger partial charge is 0.103 e. The predicted octanol–water partition coefficient (Wildman–Crippen LogP) is 5.47. The topological polar surface area (TPSA) is 0 Å². The summed E-state index contributed by atoms with van der Waals surface area (Å²) in [6.45, 7) is 3.87. The van der Waals surface area contributed by atoms with Gasteiger partial charge in [0.2, 0.25) is 0 Å². The van der Waals surface area contributed by atoms with Crippen LogP contribution in [-0.4, -0.2) is 0 Å². The smallest absolute Gasteiger partial charge is 0.00134 e. The Morgan fingerprint density at radius 2 is 1.55 bits per heavy atom. The summed E-state index contributed by atoms with van der Waals surface area (Å²) in [6.07, 6.45) is 3.75. The number of allylic oxidation sites excluding steroid dienone is 1. The fraction of sp³-hybridized carbons (Fsp3) is 0.0909. The van der Waals surface area contributed by atoms with Crippen LogP contribution >= 0.6 is 0 Å². The van der Waals surface area contributed by atoms with Crippen molar-refractivity contribution in [2.24, 2.45) is 0 Å². The lowest BCUT2D eigenvalue weighted by molar-refractivity contribution is 1.18. The van der Waals surface area contributed by atoms with Gasteiger partial charge in [-0.2, -0.15) is 0 Å². The molecule has 0 nitrogen and oxygen atoms in total. The van der Waals surface area contributed by atoms with Crippen molar-refractivity contribution >= 4 is 0 Å². The Morgan fingerprint density at radius 3 is 2.36 bits per heavy atom. The van der Waals surface area contributed by atoms with Crippen LogP contribution in [-0.2, 0) is 12.8 Å². The molecule has 22 heavy (non-hydrogen) atoms. The molecule has 3 aromatic rings. The lowest BCUT2D eigenvalue weighted by atomic mass is 9.91. The highest BCUT2D eigenvalue weighted by Crippen LogP contribution is 2.28. The zero-order valence-corrected chi connectivity index (χ0v) is 12.6. The van der Waals surface area contributed by atoms with Crippen LogP contribution < -0.4 is 0 Å². The van der Waals surface area contributed by atoms with Gasteiger partial charge in [0.25, 0.3) is 0 Å². The van der Waals surface area contributed by atoms with Crippen LogP contribution in [0.3, 0.4) is 0 Å². The number of hydrogen-bond donors (Lipinski definition) is 0. The van der Waals surface area contributed by atoms with E-state index in [0.29, 0.717) is 0 Å². The zero-order valence-electron chi connectivity index (χ0n) is 12.6. The Kier molecular flexibility index (Phi) is 4.50. The molecule has 0 aliphatic rings. The van der Waals surface area contributed by atoms with Crippen molar-refractivity contribution in [3.05, 3.63) is 108 Å². The average molecular weight is 283 g/mol. The van der Waals surface area contributed by atoms with Crippen LogP contribution in [0, 0.1) is 6.07 Å². The molecule has 0 amide bonds. The highest BCUT2D eigenvalue weighted by Gasteiger charge is 2.09. The Balaban J connectivity index is 2.03. The monoisotopic (exact) mass is 283 g/mol. The summed E-state index contributed by atoms with van der Waals surface area (Å²) < 4.78 is 0. The molecular formula is C22H19. The maximum absolute atomic E-state index is 3.87. The van der Waals surface area contributed by atoms with Crippen LogP contribution in [0.2, 0.25) is 0 Å². The van der Waals surface area contributed by atoms with Crippen molar-refractivity contribution in [1.29, 1.82) is 0 Å². The molecule has 0 aromatic heterocycles. The fourth-order valence-corrected chi connectivity index (χ4v) is 2.79. The van der Waals surface area contributed by atoms with E-state index in [0.717, 1.165) is 12.8 Å². The molecule has 0 bridgehead atoms. The van der Waals surface area contributed by atoms with Gasteiger partial charge in [0.05, 0.1) is 0 Å². The average Bonchev–Trinajstić information content (AvgIpc) is 2.57. The van der Waals surface area contributed by atoms with Crippen molar-refractivity contribution in [3.63, 3.8) is 0 Å². The van der Waals surface area contributed by atoms with Gasteiger partial charge in [-0.25, -0.2) is 0 Å². The van der Waals surface area contributed by atoms with Crippen LogP contribution in [0.25, 0.3) is 11.1 Å². The Labute approximate surface area is 132 Å². The quantitative estimate of drug-likeness (QED) is 0.544. The lowest BCUT2D eigenvalue weighted by Gasteiger charge is -2.13. The molecule has 0 heteroatoms. The predicted molar refractivity (Wildman–Crippen MR) is 93.9 cm³/mol. The van der Waals surface area contributed by atoms with E-state index in [1.165, 1.54) is 27.8 Å². The highest BCUT2D eigenvalue weighted by molar-refractivity contribution is 5.71. The molecule has 0 saturated carbocycles. The van der Waals surface area contributed by atoms with E-state index < -0.39 is 0 Å². The summed E-state index contributed by atoms with van der Waals surface area (Å²) in [4.78, 5) is 0. The molecule has 3 aromatic carbocycles. The second-order valence-corrected chi connectivity index (χ2v) is 5.37. The van der Waals surface area contributed by atoms with Crippen LogP contribution in [0.4, 0.5) is 0 Å². The van der Waals surface area contributed by atoms with Gasteiger partial charge in [0.1, 0.15) is 0 Å². The molecule has 0 saturated heterocycles. The summed E-state index contributed by atoms with van der Waals surface area (Å²) in [5.41, 5.74) is 6.41. The van der Waals surface area contributed by atoms with Crippen molar-refractivity contribution < 1.29 is 0 Å². The van der Waals surface area contributed by atoms with Crippen molar-refractivity contribution in [2.45, 2.75) is 12.8 Å². The molecule has 0 heterocycles. The van der Waals surface area contributed by atoms with Crippen LogP contribution in [0.5, 0.6) is 0 Å². The van der Waals surface area contributed by atoms with Gasteiger partial charge in [0, 0.05) is 0 Å². The maximum Gasteiger partial charge on any atom is -0.00134 e. The van der Waals surface area contributed by atoms with E-state index in [1.54, 1.807) is 0 Å². The normalized spacial score (nSPS) is 10.4. The molecular weight excluding hydrogens is 264 g/mol. The van der Waals surface area contributed by atoms with E-state index in [9.17, 15) is 0 Å². The first-order valence-electron chi connectivity index (χ1n) is 7.61. The second-order valence-electron chi connectivity index (χ2n) is 5.37. The van der Waals surface area contributed by atoms with Crippen molar-refractivity contribution in [1.82, 2.24) is 0 Å². The molecule has 0 fully saturated rings. The van der Waals surface area contributed by atoms with Gasteiger partial charge >= 0.3 is 0 Å². The summed E-state index contributed by atoms with van der Waals surface area (Å²) in [5, 5.41) is 0. The molecule has 0 aliphatic heterocycles. The Hall–Kier alpha value is -2.60. The van der Waals surface area contributed by atoms with E-state index in [1.807, 2.05) is 12.1 Å². The molecule has 0 spiro atoms. The lowest BCUT2D eigenvalue weighted by Crippen LogP contribution is -1.95. The minimum atomic E-state index is 0.885. The molecule has 0 unspecified atom stereocenters. The fourth-order valence-electron chi connectivity index (χ4n) is 2.79. The van der Waals surface area contributed by atoms with Crippen molar-refractivity contribution in [2.75, 3.05) is 0 Å².